The van der Waals surface area contributed by atoms with Crippen LogP contribution in [0.3, 0.4) is 0 Å². The van der Waals surface area contributed by atoms with Gasteiger partial charge in [0.05, 0.1) is 32.4 Å². The van der Waals surface area contributed by atoms with E-state index in [0.717, 1.165) is 47.8 Å². The maximum atomic E-state index is 6.25. The fourth-order valence-electron chi connectivity index (χ4n) is 2.75. The van der Waals surface area contributed by atoms with Gasteiger partial charge >= 0.3 is 0 Å². The predicted octanol–water partition coefficient (Wildman–Crippen LogP) is 2.84. The van der Waals surface area contributed by atoms with Crippen molar-refractivity contribution in [2.75, 3.05) is 26.2 Å². The van der Waals surface area contributed by atoms with Crippen molar-refractivity contribution in [3.05, 3.63) is 69.2 Å². The number of benzene rings is 2. The quantitative estimate of drug-likeness (QED) is 0.792. The van der Waals surface area contributed by atoms with E-state index >= 15 is 0 Å². The topological polar surface area (TPSA) is 20.0 Å². The van der Waals surface area contributed by atoms with Crippen LogP contribution in [0.25, 0.3) is 0 Å². The van der Waals surface area contributed by atoms with Gasteiger partial charge in [-0.15, -0.1) is 0 Å². The largest absolute Gasteiger partial charge is 0.328 e. The Balaban J connectivity index is 1.51. The van der Waals surface area contributed by atoms with Crippen LogP contribution < -0.4 is 4.90 Å². The van der Waals surface area contributed by atoms with Gasteiger partial charge in [-0.25, -0.2) is 0 Å². The van der Waals surface area contributed by atoms with Gasteiger partial charge < -0.3 is 4.90 Å². The number of hydrazone groups is 1. The minimum absolute atomic E-state index is 0.870. The first-order valence-electron chi connectivity index (χ1n) is 7.82. The highest BCUT2D eigenvalue weighted by Gasteiger charge is 2.19. The minimum atomic E-state index is 0.870. The second kappa shape index (κ2) is 7.95. The van der Waals surface area contributed by atoms with Gasteiger partial charge in [0.15, 0.2) is 0 Å². The monoisotopic (exact) mass is 392 g/mol. The van der Waals surface area contributed by atoms with Crippen LogP contribution in [0, 0.1) is 0 Å². The molecule has 1 aliphatic rings. The van der Waals surface area contributed by atoms with Crippen molar-refractivity contribution in [3.8, 4) is 0 Å². The molecule has 5 heteroatoms. The molecule has 23 heavy (non-hydrogen) atoms. The number of quaternary nitrogens is 1. The molecule has 3 rings (SSSR count). The third-order valence-electron chi connectivity index (χ3n) is 4.06. The number of hydrogen-bond acceptors (Lipinski definition) is 2. The lowest BCUT2D eigenvalue weighted by Crippen LogP contribution is -3.13. The van der Waals surface area contributed by atoms with Crippen LogP contribution in [-0.2, 0) is 6.54 Å². The van der Waals surface area contributed by atoms with E-state index in [4.69, 9.17) is 11.6 Å². The first-order chi connectivity index (χ1) is 11.2. The number of rotatable bonds is 4. The summed E-state index contributed by atoms with van der Waals surface area (Å²) in [6.07, 6.45) is 1.93. The van der Waals surface area contributed by atoms with Gasteiger partial charge in [-0.3, -0.25) is 5.01 Å². The first-order valence-corrected chi connectivity index (χ1v) is 8.99. The molecule has 0 aromatic heterocycles. The summed E-state index contributed by atoms with van der Waals surface area (Å²) in [6.45, 7) is 5.11. The second-order valence-corrected chi connectivity index (χ2v) is 7.09. The Hall–Kier alpha value is -1.36. The standard InChI is InChI=1S/C18H19BrClN3/c19-17-6-3-4-15(12-17)13-21-23-10-8-22(9-11-23)14-16-5-1-2-7-18(16)20/h1-7,12-13H,8-11,14H2/p+1. The molecule has 3 nitrogen and oxygen atoms in total. The Morgan fingerprint density at radius 2 is 1.91 bits per heavy atom. The number of nitrogens with zero attached hydrogens (tertiary/aromatic N) is 2. The van der Waals surface area contributed by atoms with Crippen LogP contribution in [-0.4, -0.2) is 37.4 Å². The summed E-state index contributed by atoms with van der Waals surface area (Å²) >= 11 is 9.74. The minimum Gasteiger partial charge on any atom is -0.328 e. The van der Waals surface area contributed by atoms with Crippen molar-refractivity contribution in [3.63, 3.8) is 0 Å². The number of piperazine rings is 1. The van der Waals surface area contributed by atoms with E-state index in [1.165, 1.54) is 5.56 Å². The molecule has 120 valence electrons. The van der Waals surface area contributed by atoms with Crippen LogP contribution in [0.1, 0.15) is 11.1 Å². The van der Waals surface area contributed by atoms with Crippen LogP contribution >= 0.6 is 27.5 Å². The molecule has 1 fully saturated rings. The smallest absolute Gasteiger partial charge is 0.104 e. The molecule has 1 N–H and O–H groups in total. The molecule has 0 amide bonds. The lowest BCUT2D eigenvalue weighted by Gasteiger charge is -2.30. The molecule has 0 unspecified atom stereocenters. The maximum Gasteiger partial charge on any atom is 0.104 e. The molecule has 0 radical (unpaired) electrons. The average Bonchev–Trinajstić information content (AvgIpc) is 2.56. The lowest BCUT2D eigenvalue weighted by molar-refractivity contribution is -0.918. The normalized spacial score (nSPS) is 16.2. The van der Waals surface area contributed by atoms with Gasteiger partial charge in [0, 0.05) is 15.1 Å². The molecule has 1 saturated heterocycles. The molecule has 0 saturated carbocycles. The van der Waals surface area contributed by atoms with E-state index < -0.39 is 0 Å². The SMILES string of the molecule is Clc1ccccc1C[NH+]1CCN(N=Cc2cccc(Br)c2)CC1. The highest BCUT2D eigenvalue weighted by Crippen LogP contribution is 2.13. The van der Waals surface area contributed by atoms with Crippen LogP contribution in [0.2, 0.25) is 5.02 Å². The van der Waals surface area contributed by atoms with Gasteiger partial charge in [0.2, 0.25) is 0 Å². The van der Waals surface area contributed by atoms with E-state index in [1.54, 1.807) is 4.90 Å². The van der Waals surface area contributed by atoms with Crippen molar-refractivity contribution in [2.24, 2.45) is 5.10 Å². The van der Waals surface area contributed by atoms with E-state index in [9.17, 15) is 0 Å². The predicted molar refractivity (Wildman–Crippen MR) is 99.2 cm³/mol. The maximum absolute atomic E-state index is 6.25. The van der Waals surface area contributed by atoms with Gasteiger partial charge in [-0.05, 0) is 23.8 Å². The third kappa shape index (κ3) is 4.80. The molecule has 2 aromatic rings. The molecule has 0 bridgehead atoms. The fraction of sp³-hybridized carbons (Fsp3) is 0.278. The molecule has 1 heterocycles. The number of halogens is 2. The van der Waals surface area contributed by atoms with Crippen LogP contribution in [0.15, 0.2) is 58.1 Å². The zero-order valence-electron chi connectivity index (χ0n) is 12.9. The lowest BCUT2D eigenvalue weighted by atomic mass is 10.2. The first kappa shape index (κ1) is 16.5. The van der Waals surface area contributed by atoms with Crippen molar-refractivity contribution in [1.82, 2.24) is 5.01 Å². The van der Waals surface area contributed by atoms with E-state index in [0.29, 0.717) is 0 Å². The molecular formula is C18H20BrClN3+. The highest BCUT2D eigenvalue weighted by molar-refractivity contribution is 9.10. The van der Waals surface area contributed by atoms with Crippen LogP contribution in [0.5, 0.6) is 0 Å². The van der Waals surface area contributed by atoms with Gasteiger partial charge in [0.25, 0.3) is 0 Å². The summed E-state index contributed by atoms with van der Waals surface area (Å²) < 4.78 is 1.08. The third-order valence-corrected chi connectivity index (χ3v) is 4.93. The van der Waals surface area contributed by atoms with E-state index in [2.05, 4.69) is 50.3 Å². The Labute approximate surface area is 150 Å². The zero-order valence-corrected chi connectivity index (χ0v) is 15.2. The van der Waals surface area contributed by atoms with Gasteiger partial charge in [-0.1, -0.05) is 57.9 Å². The van der Waals surface area contributed by atoms with E-state index in [-0.39, 0.29) is 0 Å². The Morgan fingerprint density at radius 3 is 2.65 bits per heavy atom. The van der Waals surface area contributed by atoms with Crippen molar-refractivity contribution in [2.45, 2.75) is 6.54 Å². The summed E-state index contributed by atoms with van der Waals surface area (Å²) in [5.74, 6) is 0. The molecular weight excluding hydrogens is 374 g/mol. The highest BCUT2D eigenvalue weighted by atomic mass is 79.9. The molecule has 2 aromatic carbocycles. The fourth-order valence-corrected chi connectivity index (χ4v) is 3.37. The Morgan fingerprint density at radius 1 is 1.13 bits per heavy atom. The molecule has 0 aliphatic carbocycles. The molecule has 0 spiro atoms. The zero-order chi connectivity index (χ0) is 16.1. The number of hydrogen-bond donors (Lipinski definition) is 1. The van der Waals surface area contributed by atoms with Crippen molar-refractivity contribution in [1.29, 1.82) is 0 Å². The van der Waals surface area contributed by atoms with Crippen molar-refractivity contribution < 1.29 is 4.90 Å². The summed E-state index contributed by atoms with van der Waals surface area (Å²) in [6, 6.07) is 16.3. The summed E-state index contributed by atoms with van der Waals surface area (Å²) in [5, 5.41) is 7.62. The summed E-state index contributed by atoms with van der Waals surface area (Å²) in [5.41, 5.74) is 2.35. The van der Waals surface area contributed by atoms with Gasteiger partial charge in [-0.2, -0.15) is 5.10 Å². The van der Waals surface area contributed by atoms with E-state index in [1.807, 2.05) is 30.5 Å². The Bertz CT molecular complexity index is 681. The van der Waals surface area contributed by atoms with Crippen molar-refractivity contribution >= 4 is 33.7 Å². The summed E-state index contributed by atoms with van der Waals surface area (Å²) in [7, 11) is 0. The average molecular weight is 394 g/mol. The van der Waals surface area contributed by atoms with Gasteiger partial charge in [0.1, 0.15) is 6.54 Å². The number of nitrogens with one attached hydrogen (secondary N) is 1. The Kier molecular flexibility index (Phi) is 5.70. The van der Waals surface area contributed by atoms with Crippen LogP contribution in [0.4, 0.5) is 0 Å². The summed E-state index contributed by atoms with van der Waals surface area (Å²) in [4.78, 5) is 1.56. The second-order valence-electron chi connectivity index (χ2n) is 5.77. The molecule has 0 atom stereocenters. The molecule has 1 aliphatic heterocycles.